The number of hydrogen-bond donors (Lipinski definition) is 0. The molecule has 0 rings (SSSR count). The molecule has 0 unspecified atom stereocenters. The van der Waals surface area contributed by atoms with Crippen molar-refractivity contribution in [1.82, 2.24) is 0 Å². The van der Waals surface area contributed by atoms with Crippen molar-refractivity contribution in [2.75, 3.05) is 13.2 Å². The van der Waals surface area contributed by atoms with Crippen molar-refractivity contribution in [2.45, 2.75) is 71.3 Å². The van der Waals surface area contributed by atoms with Crippen LogP contribution >= 0.6 is 0 Å². The second kappa shape index (κ2) is 6.58. The van der Waals surface area contributed by atoms with E-state index in [-0.39, 0.29) is 4.25 Å². The molecule has 3 heteroatoms. The van der Waals surface area contributed by atoms with Gasteiger partial charge in [0.15, 0.2) is 0 Å². The number of hydrogen-bond acceptors (Lipinski definition) is 2. The van der Waals surface area contributed by atoms with Gasteiger partial charge in [-0.25, -0.2) is 0 Å². The predicted molar refractivity (Wildman–Crippen MR) is 77.6 cm³/mol. The first-order valence-corrected chi connectivity index (χ1v) is 11.1. The first kappa shape index (κ1) is 17.5. The first-order chi connectivity index (χ1) is 7.58. The molecule has 0 heterocycles. The molecule has 0 atom stereocenters. The summed E-state index contributed by atoms with van der Waals surface area (Å²) in [7, 11) is 0. The van der Waals surface area contributed by atoms with E-state index in [2.05, 4.69) is 55.4 Å². The zero-order valence-electron chi connectivity index (χ0n) is 13.1. The summed E-state index contributed by atoms with van der Waals surface area (Å²) >= 11 is -2.69. The molecule has 0 aromatic rings. The quantitative estimate of drug-likeness (QED) is 0.660. The molecule has 0 N–H and O–H groups in total. The summed E-state index contributed by atoms with van der Waals surface area (Å²) in [5.74, 6) is 0. The van der Waals surface area contributed by atoms with Crippen LogP contribution in [0.5, 0.6) is 0 Å². The fraction of sp³-hybridized carbons (Fsp3) is 1.00. The topological polar surface area (TPSA) is 18.5 Å². The van der Waals surface area contributed by atoms with Crippen molar-refractivity contribution >= 4 is 13.9 Å². The molecule has 0 saturated carbocycles. The van der Waals surface area contributed by atoms with Crippen molar-refractivity contribution in [1.29, 1.82) is 0 Å². The van der Waals surface area contributed by atoms with E-state index in [1.54, 1.807) is 0 Å². The normalized spacial score (nSPS) is 14.1. The van der Waals surface area contributed by atoms with Gasteiger partial charge in [-0.05, 0) is 0 Å². The van der Waals surface area contributed by atoms with Crippen LogP contribution in [-0.4, -0.2) is 27.2 Å². The van der Waals surface area contributed by atoms with Crippen LogP contribution in [0.25, 0.3) is 0 Å². The minimum absolute atomic E-state index is 0.178. The van der Waals surface area contributed by atoms with Gasteiger partial charge < -0.3 is 0 Å². The molecule has 2 nitrogen and oxygen atoms in total. The van der Waals surface area contributed by atoms with Crippen LogP contribution in [0.1, 0.15) is 61.8 Å². The number of rotatable bonds is 6. The molecule has 0 spiro atoms. The summed E-state index contributed by atoms with van der Waals surface area (Å²) in [4.78, 5) is 0. The van der Waals surface area contributed by atoms with Crippen LogP contribution in [0.3, 0.4) is 0 Å². The van der Waals surface area contributed by atoms with Gasteiger partial charge in [0.05, 0.1) is 0 Å². The van der Waals surface area contributed by atoms with E-state index in [4.69, 9.17) is 7.53 Å². The molecule has 0 aromatic heterocycles. The molecule has 104 valence electrons. The Kier molecular flexibility index (Phi) is 6.76. The van der Waals surface area contributed by atoms with Gasteiger partial charge in [0.1, 0.15) is 0 Å². The predicted octanol–water partition coefficient (Wildman–Crippen LogP) is 4.74. The molecule has 0 aliphatic heterocycles. The Bertz CT molecular complexity index is 207. The molecule has 0 aliphatic carbocycles. The van der Waals surface area contributed by atoms with E-state index < -0.39 is 13.9 Å². The molecular formula is C14H32GeO2. The Hall–Kier alpha value is 0.463. The summed E-state index contributed by atoms with van der Waals surface area (Å²) in [6.07, 6.45) is 1.18. The van der Waals surface area contributed by atoms with Crippen LogP contribution < -0.4 is 0 Å². The second-order valence-corrected chi connectivity index (χ2v) is 15.5. The molecule has 0 radical (unpaired) electrons. The van der Waals surface area contributed by atoms with Gasteiger partial charge in [-0.3, -0.25) is 0 Å². The monoisotopic (exact) mass is 306 g/mol. The molecule has 0 fully saturated rings. The summed E-state index contributed by atoms with van der Waals surface area (Å²) in [6.45, 7) is 19.4. The molecular weight excluding hydrogens is 273 g/mol. The molecule has 0 saturated heterocycles. The summed E-state index contributed by atoms with van der Waals surface area (Å²) in [5.41, 5.74) is 0.357. The summed E-state index contributed by atoms with van der Waals surface area (Å²) in [6, 6.07) is 0. The second-order valence-electron chi connectivity index (χ2n) is 6.93. The van der Waals surface area contributed by atoms with Crippen LogP contribution in [0.15, 0.2) is 0 Å². The summed E-state index contributed by atoms with van der Waals surface area (Å²) < 4.78 is 12.6. The Labute approximate surface area is 112 Å². The molecule has 17 heavy (non-hydrogen) atoms. The molecule has 0 aromatic carbocycles. The van der Waals surface area contributed by atoms with Crippen LogP contribution in [0.4, 0.5) is 0 Å². The van der Waals surface area contributed by atoms with Crippen LogP contribution in [-0.2, 0) is 7.53 Å². The molecule has 0 bridgehead atoms. The average Bonchev–Trinajstić information content (AvgIpc) is 2.12. The summed E-state index contributed by atoms with van der Waals surface area (Å²) in [5, 5.41) is 1.13. The van der Waals surface area contributed by atoms with Gasteiger partial charge in [-0.1, -0.05) is 0 Å². The van der Waals surface area contributed by atoms with E-state index in [0.717, 1.165) is 18.5 Å². The van der Waals surface area contributed by atoms with Crippen molar-refractivity contribution < 1.29 is 7.53 Å². The van der Waals surface area contributed by atoms with Crippen molar-refractivity contribution in [2.24, 2.45) is 5.41 Å². The molecule has 0 amide bonds. The Morgan fingerprint density at radius 1 is 0.824 bits per heavy atom. The average molecular weight is 305 g/mol. The van der Waals surface area contributed by atoms with E-state index >= 15 is 0 Å². The van der Waals surface area contributed by atoms with Gasteiger partial charge in [0.2, 0.25) is 0 Å². The Morgan fingerprint density at radius 3 is 1.47 bits per heavy atom. The third kappa shape index (κ3) is 5.75. The standard InChI is InChI=1S/C14H32GeO2/c1-9-16-15(17-10-2,14(6,7)8)12-11-13(3,4)5/h9-12H2,1-8H3. The van der Waals surface area contributed by atoms with Gasteiger partial charge in [0, 0.05) is 0 Å². The fourth-order valence-corrected chi connectivity index (χ4v) is 10.4. The van der Waals surface area contributed by atoms with Gasteiger partial charge in [-0.2, -0.15) is 0 Å². The molecule has 0 aliphatic rings. The first-order valence-electron chi connectivity index (χ1n) is 6.86. The van der Waals surface area contributed by atoms with Gasteiger partial charge in [0.25, 0.3) is 0 Å². The van der Waals surface area contributed by atoms with Crippen LogP contribution in [0, 0.1) is 5.41 Å². The minimum atomic E-state index is -2.69. The Balaban J connectivity index is 4.91. The zero-order valence-corrected chi connectivity index (χ0v) is 15.2. The maximum absolute atomic E-state index is 6.20. The van der Waals surface area contributed by atoms with E-state index in [1.807, 2.05) is 0 Å². The third-order valence-electron chi connectivity index (χ3n) is 3.10. The Morgan fingerprint density at radius 2 is 1.24 bits per heavy atom. The van der Waals surface area contributed by atoms with Crippen molar-refractivity contribution in [3.63, 3.8) is 0 Å². The third-order valence-corrected chi connectivity index (χ3v) is 13.0. The maximum atomic E-state index is 6.20. The van der Waals surface area contributed by atoms with Gasteiger partial charge in [-0.15, -0.1) is 0 Å². The van der Waals surface area contributed by atoms with Crippen LogP contribution in [0.2, 0.25) is 9.50 Å². The van der Waals surface area contributed by atoms with E-state index in [1.165, 1.54) is 6.42 Å². The zero-order chi connectivity index (χ0) is 13.7. The fourth-order valence-electron chi connectivity index (χ4n) is 2.00. The van der Waals surface area contributed by atoms with E-state index in [0.29, 0.717) is 5.41 Å². The SMILES string of the molecule is CC[O][Ge]([CH2]CC(C)(C)C)([O]CC)[C](C)(C)C. The van der Waals surface area contributed by atoms with Crippen molar-refractivity contribution in [3.8, 4) is 0 Å². The van der Waals surface area contributed by atoms with E-state index in [9.17, 15) is 0 Å². The van der Waals surface area contributed by atoms with Gasteiger partial charge >= 0.3 is 111 Å². The van der Waals surface area contributed by atoms with Crippen molar-refractivity contribution in [3.05, 3.63) is 0 Å².